The first-order valence-electron chi connectivity index (χ1n) is 11.7. The molecule has 0 aliphatic carbocycles. The minimum Gasteiger partial charge on any atom is -0.481 e. The van der Waals surface area contributed by atoms with E-state index in [2.05, 4.69) is 17.2 Å². The van der Waals surface area contributed by atoms with Crippen LogP contribution in [-0.4, -0.2) is 75.6 Å². The number of methoxy groups -OCH3 is 1. The van der Waals surface area contributed by atoms with Crippen LogP contribution in [0.25, 0.3) is 0 Å². The molecule has 0 bridgehead atoms. The molecular weight excluding hydrogens is 498 g/mol. The molecule has 1 aliphatic heterocycles. The number of urea groups is 1. The molecule has 2 amide bonds. The van der Waals surface area contributed by atoms with Crippen molar-refractivity contribution in [1.82, 2.24) is 9.21 Å². The summed E-state index contributed by atoms with van der Waals surface area (Å²) in [5.41, 5.74) is 1.52. The second kappa shape index (κ2) is 13.1. The van der Waals surface area contributed by atoms with Crippen molar-refractivity contribution in [2.24, 2.45) is 0 Å². The highest BCUT2D eigenvalue weighted by molar-refractivity contribution is 7.89. The lowest BCUT2D eigenvalue weighted by Gasteiger charge is -2.39. The van der Waals surface area contributed by atoms with E-state index < -0.39 is 28.1 Å². The Bertz CT molecular complexity index is 1240. The van der Waals surface area contributed by atoms with Gasteiger partial charge >= 0.3 is 12.0 Å². The first-order valence-corrected chi connectivity index (χ1v) is 13.2. The summed E-state index contributed by atoms with van der Waals surface area (Å²) in [4.78, 5) is 27.1. The Balaban J connectivity index is 1.75. The van der Waals surface area contributed by atoms with Crippen LogP contribution < -0.4 is 10.1 Å². The quantitative estimate of drug-likeness (QED) is 0.392. The van der Waals surface area contributed by atoms with Crippen molar-refractivity contribution in [2.45, 2.75) is 31.4 Å². The van der Waals surface area contributed by atoms with E-state index in [1.165, 1.54) is 29.2 Å². The predicted molar refractivity (Wildman–Crippen MR) is 137 cm³/mol. The summed E-state index contributed by atoms with van der Waals surface area (Å²) >= 11 is 0. The highest BCUT2D eigenvalue weighted by Gasteiger charge is 2.42. The van der Waals surface area contributed by atoms with Gasteiger partial charge in [-0.2, -0.15) is 4.31 Å². The zero-order valence-corrected chi connectivity index (χ0v) is 21.9. The fourth-order valence-electron chi connectivity index (χ4n) is 3.76. The number of carbonyl (C=O) groups is 2. The van der Waals surface area contributed by atoms with Crippen LogP contribution >= 0.6 is 0 Å². The van der Waals surface area contributed by atoms with Crippen LogP contribution in [0.3, 0.4) is 0 Å². The molecule has 11 heteroatoms. The Labute approximate surface area is 217 Å². The van der Waals surface area contributed by atoms with Crippen LogP contribution in [0, 0.1) is 11.8 Å². The van der Waals surface area contributed by atoms with Gasteiger partial charge in [0.05, 0.1) is 18.1 Å². The van der Waals surface area contributed by atoms with Crippen LogP contribution in [0.1, 0.15) is 19.4 Å². The molecule has 1 N–H and O–H groups in total. The summed E-state index contributed by atoms with van der Waals surface area (Å²) in [6, 6.07) is 11.4. The number of carbonyl (C=O) groups excluding carboxylic acids is 2. The number of anilines is 1. The zero-order valence-electron chi connectivity index (χ0n) is 21.1. The lowest BCUT2D eigenvalue weighted by Crippen LogP contribution is -2.60. The fourth-order valence-corrected chi connectivity index (χ4v) is 5.32. The maximum atomic E-state index is 13.5. The molecule has 10 nitrogen and oxygen atoms in total. The first kappa shape index (κ1) is 28.0. The summed E-state index contributed by atoms with van der Waals surface area (Å²) in [5.74, 6) is 5.24. The van der Waals surface area contributed by atoms with E-state index in [1.807, 2.05) is 12.1 Å². The van der Waals surface area contributed by atoms with Crippen molar-refractivity contribution < 1.29 is 32.2 Å². The average Bonchev–Trinajstić information content (AvgIpc) is 2.90. The van der Waals surface area contributed by atoms with Crippen molar-refractivity contribution in [3.63, 3.8) is 0 Å². The van der Waals surface area contributed by atoms with E-state index in [0.29, 0.717) is 18.0 Å². The van der Waals surface area contributed by atoms with Gasteiger partial charge in [0, 0.05) is 32.4 Å². The SMILES string of the molecule is CC#CCOc1ccc(S(=O)(=O)N2CCN(C(=O)Nc3ccc(COC)cc3)CC2C(=O)OCC)cc1. The van der Waals surface area contributed by atoms with Gasteiger partial charge in [0.1, 0.15) is 18.4 Å². The molecular formula is C26H31N3O7S. The average molecular weight is 530 g/mol. The van der Waals surface area contributed by atoms with E-state index in [9.17, 15) is 18.0 Å². The van der Waals surface area contributed by atoms with E-state index >= 15 is 0 Å². The van der Waals surface area contributed by atoms with Gasteiger partial charge in [0.25, 0.3) is 0 Å². The Hall–Kier alpha value is -3.59. The van der Waals surface area contributed by atoms with E-state index in [4.69, 9.17) is 14.2 Å². The Kier molecular flexibility index (Phi) is 9.91. The molecule has 0 saturated carbocycles. The maximum absolute atomic E-state index is 13.5. The van der Waals surface area contributed by atoms with Crippen LogP contribution in [0.5, 0.6) is 5.75 Å². The van der Waals surface area contributed by atoms with Crippen molar-refractivity contribution in [3.05, 3.63) is 54.1 Å². The van der Waals surface area contributed by atoms with Crippen LogP contribution in [0.4, 0.5) is 10.5 Å². The Morgan fingerprint density at radius 3 is 2.41 bits per heavy atom. The van der Waals surface area contributed by atoms with Gasteiger partial charge in [-0.15, -0.1) is 5.92 Å². The summed E-state index contributed by atoms with van der Waals surface area (Å²) in [6.07, 6.45) is 0. The smallest absolute Gasteiger partial charge is 0.326 e. The summed E-state index contributed by atoms with van der Waals surface area (Å²) in [5, 5.41) is 2.79. The van der Waals surface area contributed by atoms with Crippen LogP contribution in [0.15, 0.2) is 53.4 Å². The number of amides is 2. The van der Waals surface area contributed by atoms with Gasteiger partial charge in [-0.1, -0.05) is 18.1 Å². The number of piperazine rings is 1. The first-order chi connectivity index (χ1) is 17.8. The highest BCUT2D eigenvalue weighted by Crippen LogP contribution is 2.25. The molecule has 2 aromatic carbocycles. The number of esters is 1. The minimum atomic E-state index is -4.06. The maximum Gasteiger partial charge on any atom is 0.326 e. The molecule has 198 valence electrons. The molecule has 1 saturated heterocycles. The third-order valence-electron chi connectivity index (χ3n) is 5.61. The number of rotatable bonds is 9. The van der Waals surface area contributed by atoms with Crippen molar-refractivity contribution in [2.75, 3.05) is 45.3 Å². The molecule has 0 spiro atoms. The third-order valence-corrected chi connectivity index (χ3v) is 7.53. The molecule has 1 heterocycles. The highest BCUT2D eigenvalue weighted by atomic mass is 32.2. The van der Waals surface area contributed by atoms with Crippen molar-refractivity contribution in [1.29, 1.82) is 0 Å². The molecule has 0 aromatic heterocycles. The molecule has 1 fully saturated rings. The largest absolute Gasteiger partial charge is 0.481 e. The summed E-state index contributed by atoms with van der Waals surface area (Å²) in [6.45, 7) is 3.93. The Morgan fingerprint density at radius 2 is 1.78 bits per heavy atom. The van der Waals surface area contributed by atoms with Gasteiger partial charge in [0.15, 0.2) is 0 Å². The van der Waals surface area contributed by atoms with Crippen LogP contribution in [-0.2, 0) is 30.9 Å². The number of ether oxygens (including phenoxy) is 3. The topological polar surface area (TPSA) is 114 Å². The number of hydrogen-bond donors (Lipinski definition) is 1. The van der Waals surface area contributed by atoms with E-state index in [1.54, 1.807) is 33.1 Å². The van der Waals surface area contributed by atoms with Gasteiger partial charge in [-0.3, -0.25) is 4.79 Å². The van der Waals surface area contributed by atoms with E-state index in [-0.39, 0.29) is 37.7 Å². The van der Waals surface area contributed by atoms with Gasteiger partial charge in [0.2, 0.25) is 10.0 Å². The number of nitrogens with one attached hydrogen (secondary N) is 1. The van der Waals surface area contributed by atoms with E-state index in [0.717, 1.165) is 9.87 Å². The lowest BCUT2D eigenvalue weighted by molar-refractivity contribution is -0.149. The van der Waals surface area contributed by atoms with Crippen molar-refractivity contribution >= 4 is 27.7 Å². The second-order valence-electron chi connectivity index (χ2n) is 8.08. The molecule has 1 aliphatic rings. The van der Waals surface area contributed by atoms with Gasteiger partial charge in [-0.05, 0) is 55.8 Å². The molecule has 1 unspecified atom stereocenters. The third kappa shape index (κ3) is 7.22. The van der Waals surface area contributed by atoms with Gasteiger partial charge in [-0.25, -0.2) is 13.2 Å². The van der Waals surface area contributed by atoms with Crippen LogP contribution in [0.2, 0.25) is 0 Å². The summed E-state index contributed by atoms with van der Waals surface area (Å²) in [7, 11) is -2.46. The predicted octanol–water partition coefficient (Wildman–Crippen LogP) is 2.71. The number of nitrogens with zero attached hydrogens (tertiary/aromatic N) is 2. The molecule has 2 aromatic rings. The number of hydrogen-bond acceptors (Lipinski definition) is 7. The molecule has 3 rings (SSSR count). The number of sulfonamides is 1. The van der Waals surface area contributed by atoms with Crippen molar-refractivity contribution in [3.8, 4) is 17.6 Å². The molecule has 1 atom stereocenters. The zero-order chi connectivity index (χ0) is 26.8. The monoisotopic (exact) mass is 529 g/mol. The normalized spacial score (nSPS) is 15.9. The van der Waals surface area contributed by atoms with Gasteiger partial charge < -0.3 is 24.4 Å². The standard InChI is InChI=1S/C26H31N3O7S/c1-4-6-17-36-22-11-13-23(14-12-22)37(32,33)29-16-15-28(18-24(29)25(30)35-5-2)26(31)27-21-9-7-20(8-10-21)19-34-3/h7-14,24H,5,15-19H2,1-3H3,(H,27,31). The fraction of sp³-hybridized carbons (Fsp3) is 0.385. The molecule has 0 radical (unpaired) electrons. The summed E-state index contributed by atoms with van der Waals surface area (Å²) < 4.78 is 43.7. The minimum absolute atomic E-state index is 0.00442. The lowest BCUT2D eigenvalue weighted by atomic mass is 10.2. The second-order valence-corrected chi connectivity index (χ2v) is 9.97. The molecule has 37 heavy (non-hydrogen) atoms. The number of benzene rings is 2. The Morgan fingerprint density at radius 1 is 1.08 bits per heavy atom.